The van der Waals surface area contributed by atoms with Gasteiger partial charge in [-0.15, -0.1) is 0 Å². The smallest absolute Gasteiger partial charge is 0.317 e. The largest absolute Gasteiger partial charge is 0.481 e. The van der Waals surface area contributed by atoms with E-state index in [-0.39, 0.29) is 25.1 Å². The van der Waals surface area contributed by atoms with Gasteiger partial charge in [-0.2, -0.15) is 0 Å². The van der Waals surface area contributed by atoms with Crippen LogP contribution in [-0.2, 0) is 14.3 Å². The number of ether oxygens (including phenoxy) is 2. The van der Waals surface area contributed by atoms with Gasteiger partial charge in [0.05, 0.1) is 32.3 Å². The molecule has 1 rings (SSSR count). The van der Waals surface area contributed by atoms with E-state index < -0.39 is 5.97 Å². The van der Waals surface area contributed by atoms with Crippen molar-refractivity contribution in [1.29, 1.82) is 0 Å². The number of carboxylic acids is 1. The zero-order valence-electron chi connectivity index (χ0n) is 10.6. The minimum Gasteiger partial charge on any atom is -0.481 e. The highest BCUT2D eigenvalue weighted by atomic mass is 16.6. The molecular formula is C11H20N2O5. The number of carboxylic acid groups (broad SMARTS) is 1. The maximum absolute atomic E-state index is 11.8. The number of carbonyl (C=O) groups is 2. The van der Waals surface area contributed by atoms with Crippen LogP contribution in [0.5, 0.6) is 0 Å². The second-order valence-electron chi connectivity index (χ2n) is 3.98. The summed E-state index contributed by atoms with van der Waals surface area (Å²) in [6.07, 6.45) is -0.175. The maximum atomic E-state index is 11.8. The molecule has 1 aliphatic heterocycles. The van der Waals surface area contributed by atoms with E-state index in [1.54, 1.807) is 0 Å². The first-order chi connectivity index (χ1) is 8.63. The normalized spacial score (nSPS) is 19.3. The second kappa shape index (κ2) is 7.88. The predicted octanol–water partition coefficient (Wildman–Crippen LogP) is -0.0920. The Hall–Kier alpha value is -1.34. The Morgan fingerprint density at radius 1 is 1.44 bits per heavy atom. The van der Waals surface area contributed by atoms with E-state index in [4.69, 9.17) is 14.6 Å². The zero-order chi connectivity index (χ0) is 13.4. The third-order valence-corrected chi connectivity index (χ3v) is 2.63. The van der Waals surface area contributed by atoms with Crippen LogP contribution in [0.1, 0.15) is 13.3 Å². The van der Waals surface area contributed by atoms with Crippen molar-refractivity contribution in [2.24, 2.45) is 0 Å². The first-order valence-corrected chi connectivity index (χ1v) is 6.07. The molecule has 0 aromatic rings. The summed E-state index contributed by atoms with van der Waals surface area (Å²) in [5.41, 5.74) is 0. The number of nitrogens with one attached hydrogen (secondary N) is 1. The Kier molecular flexibility index (Phi) is 6.45. The molecule has 0 radical (unpaired) electrons. The van der Waals surface area contributed by atoms with Crippen LogP contribution >= 0.6 is 0 Å². The summed E-state index contributed by atoms with van der Waals surface area (Å²) in [6, 6.07) is -0.270. The predicted molar refractivity (Wildman–Crippen MR) is 63.5 cm³/mol. The summed E-state index contributed by atoms with van der Waals surface area (Å²) in [7, 11) is 0. The minimum absolute atomic E-state index is 0.0513. The standard InChI is InChI=1S/C11H20N2O5/c1-2-13(4-3-10(14)15)11(16)12-7-9-8-17-5-6-18-9/h9H,2-8H2,1H3,(H,12,16)(H,14,15). The molecule has 0 spiro atoms. The lowest BCUT2D eigenvalue weighted by molar-refractivity contribution is -0.137. The van der Waals surface area contributed by atoms with E-state index in [2.05, 4.69) is 5.32 Å². The fraction of sp³-hybridized carbons (Fsp3) is 0.818. The quantitative estimate of drug-likeness (QED) is 0.696. The summed E-state index contributed by atoms with van der Waals surface area (Å²) in [5.74, 6) is -0.912. The Labute approximate surface area is 106 Å². The molecule has 1 fully saturated rings. The average Bonchev–Trinajstić information content (AvgIpc) is 2.38. The summed E-state index contributed by atoms with van der Waals surface area (Å²) in [4.78, 5) is 23.7. The monoisotopic (exact) mass is 260 g/mol. The molecule has 7 heteroatoms. The first-order valence-electron chi connectivity index (χ1n) is 6.07. The van der Waals surface area contributed by atoms with Gasteiger partial charge in [0.2, 0.25) is 0 Å². The molecule has 1 aliphatic rings. The molecule has 0 bridgehead atoms. The van der Waals surface area contributed by atoms with Gasteiger partial charge in [-0.3, -0.25) is 4.79 Å². The first kappa shape index (κ1) is 14.7. The third-order valence-electron chi connectivity index (χ3n) is 2.63. The highest BCUT2D eigenvalue weighted by Gasteiger charge is 2.17. The van der Waals surface area contributed by atoms with E-state index >= 15 is 0 Å². The molecule has 0 aliphatic carbocycles. The van der Waals surface area contributed by atoms with Crippen molar-refractivity contribution in [2.75, 3.05) is 39.5 Å². The van der Waals surface area contributed by atoms with Gasteiger partial charge in [-0.25, -0.2) is 4.79 Å². The van der Waals surface area contributed by atoms with Gasteiger partial charge in [-0.05, 0) is 6.92 Å². The van der Waals surface area contributed by atoms with Gasteiger partial charge in [0.15, 0.2) is 0 Å². The van der Waals surface area contributed by atoms with Crippen LogP contribution in [-0.4, -0.2) is 67.6 Å². The number of nitrogens with zero attached hydrogens (tertiary/aromatic N) is 1. The zero-order valence-corrected chi connectivity index (χ0v) is 10.6. The number of carbonyl (C=O) groups excluding carboxylic acids is 1. The van der Waals surface area contributed by atoms with Crippen LogP contribution in [0.2, 0.25) is 0 Å². The molecule has 2 amide bonds. The van der Waals surface area contributed by atoms with Gasteiger partial charge in [0, 0.05) is 19.6 Å². The van der Waals surface area contributed by atoms with Crippen LogP contribution in [0.4, 0.5) is 4.79 Å². The SMILES string of the molecule is CCN(CCC(=O)O)C(=O)NCC1COCCO1. The van der Waals surface area contributed by atoms with Gasteiger partial charge in [0.1, 0.15) is 0 Å². The van der Waals surface area contributed by atoms with Crippen LogP contribution in [0, 0.1) is 0 Å². The molecule has 1 unspecified atom stereocenters. The van der Waals surface area contributed by atoms with E-state index in [9.17, 15) is 9.59 Å². The number of hydrogen-bond donors (Lipinski definition) is 2. The highest BCUT2D eigenvalue weighted by Crippen LogP contribution is 2.00. The van der Waals surface area contributed by atoms with Gasteiger partial charge < -0.3 is 24.8 Å². The number of urea groups is 1. The van der Waals surface area contributed by atoms with Crippen molar-refractivity contribution in [2.45, 2.75) is 19.4 Å². The lowest BCUT2D eigenvalue weighted by atomic mass is 10.3. The maximum Gasteiger partial charge on any atom is 0.317 e. The summed E-state index contributed by atoms with van der Waals surface area (Å²) >= 11 is 0. The van der Waals surface area contributed by atoms with Crippen LogP contribution < -0.4 is 5.32 Å². The minimum atomic E-state index is -0.912. The molecule has 1 atom stereocenters. The molecule has 1 heterocycles. The molecule has 0 aromatic carbocycles. The fourth-order valence-corrected chi connectivity index (χ4v) is 1.60. The molecule has 18 heavy (non-hydrogen) atoms. The van der Waals surface area contributed by atoms with Crippen LogP contribution in [0.15, 0.2) is 0 Å². The van der Waals surface area contributed by atoms with Crippen molar-refractivity contribution >= 4 is 12.0 Å². The van der Waals surface area contributed by atoms with Gasteiger partial charge in [-0.1, -0.05) is 0 Å². The molecule has 2 N–H and O–H groups in total. The molecule has 7 nitrogen and oxygen atoms in total. The van der Waals surface area contributed by atoms with Crippen molar-refractivity contribution in [3.8, 4) is 0 Å². The number of hydrogen-bond acceptors (Lipinski definition) is 4. The molecule has 1 saturated heterocycles. The molecule has 0 saturated carbocycles. The van der Waals surface area contributed by atoms with Crippen molar-refractivity contribution in [1.82, 2.24) is 10.2 Å². The summed E-state index contributed by atoms with van der Waals surface area (Å²) in [5, 5.41) is 11.3. The lowest BCUT2D eigenvalue weighted by Crippen LogP contribution is -2.46. The molecule has 0 aromatic heterocycles. The Morgan fingerprint density at radius 2 is 2.22 bits per heavy atom. The Morgan fingerprint density at radius 3 is 2.78 bits per heavy atom. The number of aliphatic carboxylic acids is 1. The summed E-state index contributed by atoms with van der Waals surface area (Å²) < 4.78 is 10.6. The van der Waals surface area contributed by atoms with Gasteiger partial charge >= 0.3 is 12.0 Å². The molecule has 104 valence electrons. The van der Waals surface area contributed by atoms with E-state index in [1.807, 2.05) is 6.92 Å². The fourth-order valence-electron chi connectivity index (χ4n) is 1.60. The van der Waals surface area contributed by atoms with Crippen LogP contribution in [0.3, 0.4) is 0 Å². The third kappa shape index (κ3) is 5.33. The Balaban J connectivity index is 2.25. The van der Waals surface area contributed by atoms with Crippen LogP contribution in [0.25, 0.3) is 0 Å². The van der Waals surface area contributed by atoms with E-state index in [0.29, 0.717) is 32.9 Å². The van der Waals surface area contributed by atoms with Crippen molar-refractivity contribution in [3.05, 3.63) is 0 Å². The average molecular weight is 260 g/mol. The molecular weight excluding hydrogens is 240 g/mol. The second-order valence-corrected chi connectivity index (χ2v) is 3.98. The highest BCUT2D eigenvalue weighted by molar-refractivity contribution is 5.75. The van der Waals surface area contributed by atoms with E-state index in [0.717, 1.165) is 0 Å². The van der Waals surface area contributed by atoms with E-state index in [1.165, 1.54) is 4.90 Å². The Bertz CT molecular complexity index is 279. The van der Waals surface area contributed by atoms with Gasteiger partial charge in [0.25, 0.3) is 0 Å². The van der Waals surface area contributed by atoms with Crippen molar-refractivity contribution in [3.63, 3.8) is 0 Å². The summed E-state index contributed by atoms with van der Waals surface area (Å²) in [6.45, 7) is 4.47. The lowest BCUT2D eigenvalue weighted by Gasteiger charge is -2.25. The number of rotatable bonds is 6. The number of amides is 2. The van der Waals surface area contributed by atoms with Crippen molar-refractivity contribution < 1.29 is 24.2 Å². The topological polar surface area (TPSA) is 88.1 Å².